The maximum atomic E-state index is 11.4. The van der Waals surface area contributed by atoms with Gasteiger partial charge in [-0.25, -0.2) is 4.98 Å². The molecular weight excluding hydrogens is 204 g/mol. The molecule has 1 unspecified atom stereocenters. The van der Waals surface area contributed by atoms with E-state index in [9.17, 15) is 9.90 Å². The fourth-order valence-corrected chi connectivity index (χ4v) is 1.57. The molecule has 1 saturated heterocycles. The Morgan fingerprint density at radius 3 is 2.86 bits per heavy atom. The molecule has 1 aromatic heterocycles. The van der Waals surface area contributed by atoms with Crippen LogP contribution >= 0.6 is 11.6 Å². The highest BCUT2D eigenvalue weighted by molar-refractivity contribution is 6.30. The summed E-state index contributed by atoms with van der Waals surface area (Å²) in [4.78, 5) is 16.6. The van der Waals surface area contributed by atoms with Crippen LogP contribution in [0.25, 0.3) is 0 Å². The number of aliphatic hydroxyl groups is 1. The van der Waals surface area contributed by atoms with Crippen molar-refractivity contribution in [3.8, 4) is 0 Å². The van der Waals surface area contributed by atoms with Gasteiger partial charge < -0.3 is 5.11 Å². The predicted molar refractivity (Wildman–Crippen MR) is 52.0 cm³/mol. The number of anilines is 1. The Hall–Kier alpha value is -1.13. The lowest BCUT2D eigenvalue weighted by molar-refractivity contribution is -0.117. The monoisotopic (exact) mass is 212 g/mol. The highest BCUT2D eigenvalue weighted by Gasteiger charge is 2.31. The van der Waals surface area contributed by atoms with Crippen molar-refractivity contribution in [2.24, 2.45) is 0 Å². The summed E-state index contributed by atoms with van der Waals surface area (Å²) in [7, 11) is 0. The van der Waals surface area contributed by atoms with Crippen LogP contribution in [-0.2, 0) is 4.79 Å². The highest BCUT2D eigenvalue weighted by Crippen LogP contribution is 2.23. The number of pyridine rings is 1. The first-order valence-electron chi connectivity index (χ1n) is 4.30. The second-order valence-corrected chi connectivity index (χ2v) is 3.55. The second kappa shape index (κ2) is 3.55. The minimum absolute atomic E-state index is 0.104. The summed E-state index contributed by atoms with van der Waals surface area (Å²) in [6.07, 6.45) is 1.53. The summed E-state index contributed by atoms with van der Waals surface area (Å²) in [6, 6.07) is 3.26. The third-order valence-electron chi connectivity index (χ3n) is 2.14. The van der Waals surface area contributed by atoms with E-state index in [1.165, 1.54) is 11.1 Å². The molecule has 0 saturated carbocycles. The van der Waals surface area contributed by atoms with E-state index in [4.69, 9.17) is 11.6 Å². The van der Waals surface area contributed by atoms with E-state index < -0.39 is 6.23 Å². The third kappa shape index (κ3) is 1.58. The van der Waals surface area contributed by atoms with Gasteiger partial charge in [0.2, 0.25) is 5.91 Å². The number of hydrogen-bond acceptors (Lipinski definition) is 3. The Kier molecular flexibility index (Phi) is 2.39. The van der Waals surface area contributed by atoms with E-state index in [1.54, 1.807) is 12.1 Å². The number of halogens is 1. The topological polar surface area (TPSA) is 53.4 Å². The molecule has 14 heavy (non-hydrogen) atoms. The second-order valence-electron chi connectivity index (χ2n) is 3.12. The van der Waals surface area contributed by atoms with E-state index in [1.807, 2.05) is 0 Å². The highest BCUT2D eigenvalue weighted by atomic mass is 35.5. The van der Waals surface area contributed by atoms with Gasteiger partial charge in [-0.15, -0.1) is 0 Å². The largest absolute Gasteiger partial charge is 0.373 e. The Morgan fingerprint density at radius 1 is 1.57 bits per heavy atom. The molecule has 74 valence electrons. The minimum atomic E-state index is -0.754. The van der Waals surface area contributed by atoms with E-state index in [-0.39, 0.29) is 5.91 Å². The normalized spacial score (nSPS) is 21.7. The fraction of sp³-hybridized carbons (Fsp3) is 0.333. The molecule has 1 aliphatic heterocycles. The minimum Gasteiger partial charge on any atom is -0.373 e. The molecule has 2 heterocycles. The summed E-state index contributed by atoms with van der Waals surface area (Å²) in [5, 5.41) is 10.0. The molecule has 0 radical (unpaired) electrons. The van der Waals surface area contributed by atoms with Crippen LogP contribution in [0, 0.1) is 0 Å². The summed E-state index contributed by atoms with van der Waals surface area (Å²) in [6.45, 7) is 0. The van der Waals surface area contributed by atoms with Gasteiger partial charge in [-0.3, -0.25) is 9.69 Å². The van der Waals surface area contributed by atoms with E-state index in [2.05, 4.69) is 4.98 Å². The molecule has 1 atom stereocenters. The van der Waals surface area contributed by atoms with Crippen LogP contribution in [-0.4, -0.2) is 22.2 Å². The molecule has 0 aromatic carbocycles. The number of carbonyl (C=O) groups excluding carboxylic acids is 1. The first-order chi connectivity index (χ1) is 6.68. The van der Waals surface area contributed by atoms with Gasteiger partial charge in [0.25, 0.3) is 0 Å². The van der Waals surface area contributed by atoms with Gasteiger partial charge in [-0.2, -0.15) is 0 Å². The lowest BCUT2D eigenvalue weighted by Crippen LogP contribution is -2.33. The zero-order valence-electron chi connectivity index (χ0n) is 7.35. The zero-order chi connectivity index (χ0) is 10.1. The maximum Gasteiger partial charge on any atom is 0.230 e. The van der Waals surface area contributed by atoms with Gasteiger partial charge in [0, 0.05) is 19.0 Å². The first kappa shape index (κ1) is 9.43. The number of nitrogens with zero attached hydrogens (tertiary/aromatic N) is 2. The molecule has 0 spiro atoms. The number of amides is 1. The van der Waals surface area contributed by atoms with Crippen molar-refractivity contribution in [2.45, 2.75) is 19.1 Å². The lowest BCUT2D eigenvalue weighted by atomic mass is 10.4. The summed E-state index contributed by atoms with van der Waals surface area (Å²) < 4.78 is 0. The molecular formula is C9H9ClN2O2. The fourth-order valence-electron chi connectivity index (χ4n) is 1.46. The maximum absolute atomic E-state index is 11.4. The molecule has 1 aromatic rings. The molecule has 0 bridgehead atoms. The van der Waals surface area contributed by atoms with Gasteiger partial charge in [0.05, 0.1) is 5.02 Å². The summed E-state index contributed by atoms with van der Waals surface area (Å²) in [5.41, 5.74) is 0. The predicted octanol–water partition coefficient (Wildman–Crippen LogP) is 1.18. The van der Waals surface area contributed by atoms with Gasteiger partial charge in [0.15, 0.2) is 0 Å². The van der Waals surface area contributed by atoms with Crippen LogP contribution in [0.3, 0.4) is 0 Å². The average molecular weight is 213 g/mol. The van der Waals surface area contributed by atoms with Gasteiger partial charge in [0.1, 0.15) is 12.0 Å². The van der Waals surface area contributed by atoms with Crippen molar-refractivity contribution in [3.05, 3.63) is 23.4 Å². The number of hydrogen-bond donors (Lipinski definition) is 1. The molecule has 1 fully saturated rings. The first-order valence-corrected chi connectivity index (χ1v) is 4.68. The van der Waals surface area contributed by atoms with Crippen LogP contribution in [0.2, 0.25) is 5.02 Å². The number of rotatable bonds is 1. The molecule has 1 amide bonds. The van der Waals surface area contributed by atoms with Crippen molar-refractivity contribution in [3.63, 3.8) is 0 Å². The van der Waals surface area contributed by atoms with E-state index in [0.29, 0.717) is 23.7 Å². The van der Waals surface area contributed by atoms with Crippen molar-refractivity contribution >= 4 is 23.3 Å². The molecule has 1 N–H and O–H groups in total. The van der Waals surface area contributed by atoms with Crippen molar-refractivity contribution in [1.82, 2.24) is 4.98 Å². The van der Waals surface area contributed by atoms with Crippen LogP contribution < -0.4 is 4.90 Å². The molecule has 2 rings (SSSR count). The summed E-state index contributed by atoms with van der Waals surface area (Å²) >= 11 is 5.66. The SMILES string of the molecule is O=C1CCC(O)N1c1ccc(Cl)cn1. The zero-order valence-corrected chi connectivity index (χ0v) is 8.11. The Morgan fingerprint density at radius 2 is 2.36 bits per heavy atom. The standard InChI is InChI=1S/C9H9ClN2O2/c10-6-1-2-7(11-5-6)12-8(13)3-4-9(12)14/h1-2,5,8,13H,3-4H2. The van der Waals surface area contributed by atoms with Crippen molar-refractivity contribution < 1.29 is 9.90 Å². The van der Waals surface area contributed by atoms with Gasteiger partial charge >= 0.3 is 0 Å². The summed E-state index contributed by atoms with van der Waals surface area (Å²) in [5.74, 6) is 0.344. The van der Waals surface area contributed by atoms with Crippen molar-refractivity contribution in [1.29, 1.82) is 0 Å². The van der Waals surface area contributed by atoms with E-state index in [0.717, 1.165) is 0 Å². The number of aliphatic hydroxyl groups excluding tert-OH is 1. The molecule has 5 heteroatoms. The van der Waals surface area contributed by atoms with Crippen LogP contribution in [0.1, 0.15) is 12.8 Å². The van der Waals surface area contributed by atoms with E-state index >= 15 is 0 Å². The Bertz CT molecular complexity index is 352. The van der Waals surface area contributed by atoms with Gasteiger partial charge in [-0.05, 0) is 12.1 Å². The van der Waals surface area contributed by atoms with Crippen LogP contribution in [0.15, 0.2) is 18.3 Å². The van der Waals surface area contributed by atoms with Crippen LogP contribution in [0.5, 0.6) is 0 Å². The number of carbonyl (C=O) groups is 1. The van der Waals surface area contributed by atoms with Crippen LogP contribution in [0.4, 0.5) is 5.82 Å². The lowest BCUT2D eigenvalue weighted by Gasteiger charge is -2.18. The van der Waals surface area contributed by atoms with Gasteiger partial charge in [-0.1, -0.05) is 11.6 Å². The molecule has 1 aliphatic rings. The van der Waals surface area contributed by atoms with Crippen molar-refractivity contribution in [2.75, 3.05) is 4.90 Å². The Labute approximate surface area is 86.1 Å². The number of aromatic nitrogens is 1. The average Bonchev–Trinajstić information content (AvgIpc) is 2.49. The Balaban J connectivity index is 2.30. The third-order valence-corrected chi connectivity index (χ3v) is 2.37. The smallest absolute Gasteiger partial charge is 0.230 e. The molecule has 4 nitrogen and oxygen atoms in total. The molecule has 0 aliphatic carbocycles. The quantitative estimate of drug-likeness (QED) is 0.761.